The molecular weight excluding hydrogens is 404 g/mol. The zero-order valence-electron chi connectivity index (χ0n) is 16.9. The van der Waals surface area contributed by atoms with E-state index >= 15 is 0 Å². The third kappa shape index (κ3) is 3.43. The number of hydrogen-bond donors (Lipinski definition) is 1. The van der Waals surface area contributed by atoms with E-state index in [1.54, 1.807) is 6.07 Å². The number of aromatic nitrogens is 2. The van der Waals surface area contributed by atoms with Crippen molar-refractivity contribution in [3.63, 3.8) is 0 Å². The fourth-order valence-electron chi connectivity index (χ4n) is 4.64. The number of pyridine rings is 1. The van der Waals surface area contributed by atoms with Crippen LogP contribution in [-0.4, -0.2) is 50.4 Å². The molecule has 2 aromatic rings. The molecule has 31 heavy (non-hydrogen) atoms. The topological polar surface area (TPSA) is 75.4 Å². The molecule has 3 aliphatic rings. The highest BCUT2D eigenvalue weighted by molar-refractivity contribution is 5.97. The van der Waals surface area contributed by atoms with E-state index in [2.05, 4.69) is 4.98 Å². The number of piperidine rings is 1. The Balaban J connectivity index is 1.34. The number of halogens is 2. The van der Waals surface area contributed by atoms with Crippen LogP contribution in [0, 0.1) is 11.3 Å². The third-order valence-corrected chi connectivity index (χ3v) is 6.84. The summed E-state index contributed by atoms with van der Waals surface area (Å²) in [6.07, 6.45) is 10.8. The van der Waals surface area contributed by atoms with Crippen molar-refractivity contribution in [2.24, 2.45) is 11.3 Å². The smallest absolute Gasteiger partial charge is 0.310 e. The van der Waals surface area contributed by atoms with Crippen molar-refractivity contribution in [3.05, 3.63) is 48.3 Å². The van der Waals surface area contributed by atoms with Gasteiger partial charge in [-0.3, -0.25) is 9.59 Å². The van der Waals surface area contributed by atoms with Gasteiger partial charge in [0.2, 0.25) is 0 Å². The first-order valence-corrected chi connectivity index (χ1v) is 10.6. The molecule has 2 fully saturated rings. The van der Waals surface area contributed by atoms with E-state index in [1.807, 2.05) is 35.1 Å². The maximum Gasteiger partial charge on any atom is 0.310 e. The largest absolute Gasteiger partial charge is 0.481 e. The standard InChI is InChI=1S/C23H23F2N3O3/c24-23(25)8-11-27(12-9-23)20(29)16-13-15-5-10-28(19(15)26-14-16)18-3-1-17(2-4-18)22(6-7-22)21(30)31/h1,3-5,10,13-14,17H,2,6-9,11-12H2,(H,30,31). The van der Waals surface area contributed by atoms with Gasteiger partial charge in [-0.2, -0.15) is 0 Å². The lowest BCUT2D eigenvalue weighted by Gasteiger charge is -2.31. The number of rotatable bonds is 4. The first-order chi connectivity index (χ1) is 14.8. The van der Waals surface area contributed by atoms with Gasteiger partial charge in [-0.05, 0) is 43.4 Å². The van der Waals surface area contributed by atoms with Crippen molar-refractivity contribution >= 4 is 28.6 Å². The Morgan fingerprint density at radius 2 is 1.90 bits per heavy atom. The van der Waals surface area contributed by atoms with E-state index in [0.29, 0.717) is 17.6 Å². The van der Waals surface area contributed by atoms with Gasteiger partial charge in [0.25, 0.3) is 11.8 Å². The summed E-state index contributed by atoms with van der Waals surface area (Å²) in [4.78, 5) is 30.2. The molecule has 3 heterocycles. The predicted octanol–water partition coefficient (Wildman–Crippen LogP) is 4.19. The van der Waals surface area contributed by atoms with E-state index in [-0.39, 0.29) is 37.8 Å². The van der Waals surface area contributed by atoms with Crippen LogP contribution in [0.4, 0.5) is 8.78 Å². The van der Waals surface area contributed by atoms with E-state index < -0.39 is 17.3 Å². The molecule has 0 aromatic carbocycles. The second-order valence-corrected chi connectivity index (χ2v) is 8.76. The van der Waals surface area contributed by atoms with Crippen LogP contribution in [0.3, 0.4) is 0 Å². The van der Waals surface area contributed by atoms with Gasteiger partial charge in [-0.25, -0.2) is 13.8 Å². The second kappa shape index (κ2) is 7.00. The van der Waals surface area contributed by atoms with Gasteiger partial charge in [-0.1, -0.05) is 12.2 Å². The lowest BCUT2D eigenvalue weighted by molar-refractivity contribution is -0.144. The molecule has 1 aliphatic heterocycles. The second-order valence-electron chi connectivity index (χ2n) is 8.76. The summed E-state index contributed by atoms with van der Waals surface area (Å²) < 4.78 is 28.7. The maximum absolute atomic E-state index is 13.4. The number of nitrogens with zero attached hydrogens (tertiary/aromatic N) is 3. The Morgan fingerprint density at radius 3 is 2.52 bits per heavy atom. The predicted molar refractivity (Wildman–Crippen MR) is 111 cm³/mol. The van der Waals surface area contributed by atoms with Gasteiger partial charge >= 0.3 is 5.97 Å². The lowest BCUT2D eigenvalue weighted by atomic mass is 9.83. The number of allylic oxidation sites excluding steroid dienone is 4. The minimum Gasteiger partial charge on any atom is -0.481 e. The van der Waals surface area contributed by atoms with Gasteiger partial charge < -0.3 is 14.6 Å². The van der Waals surface area contributed by atoms with Crippen LogP contribution in [0.1, 0.15) is 42.5 Å². The molecule has 0 spiro atoms. The summed E-state index contributed by atoms with van der Waals surface area (Å²) in [6, 6.07) is 3.61. The van der Waals surface area contributed by atoms with Crippen molar-refractivity contribution in [2.75, 3.05) is 13.1 Å². The van der Waals surface area contributed by atoms with Crippen LogP contribution in [0.15, 0.2) is 42.8 Å². The average molecular weight is 427 g/mol. The van der Waals surface area contributed by atoms with Gasteiger partial charge in [0.05, 0.1) is 11.0 Å². The highest BCUT2D eigenvalue weighted by Gasteiger charge is 2.55. The highest BCUT2D eigenvalue weighted by Crippen LogP contribution is 2.55. The summed E-state index contributed by atoms with van der Waals surface area (Å²) in [7, 11) is 0. The first-order valence-electron chi connectivity index (χ1n) is 10.6. The van der Waals surface area contributed by atoms with Crippen LogP contribution < -0.4 is 0 Å². The number of carboxylic acids is 1. The lowest BCUT2D eigenvalue weighted by Crippen LogP contribution is -2.42. The summed E-state index contributed by atoms with van der Waals surface area (Å²) in [5.74, 6) is -3.69. The average Bonchev–Trinajstić information content (AvgIpc) is 3.47. The molecule has 5 rings (SSSR count). The normalized spacial score (nSPS) is 24.1. The molecule has 1 saturated carbocycles. The Hall–Kier alpha value is -3.03. The van der Waals surface area contributed by atoms with Crippen LogP contribution in [-0.2, 0) is 4.79 Å². The van der Waals surface area contributed by atoms with Gasteiger partial charge in [-0.15, -0.1) is 0 Å². The third-order valence-electron chi connectivity index (χ3n) is 6.84. The zero-order chi connectivity index (χ0) is 21.8. The molecule has 0 bridgehead atoms. The number of carbonyl (C=O) groups excluding carboxylic acids is 1. The van der Waals surface area contributed by atoms with Crippen LogP contribution in [0.2, 0.25) is 0 Å². The van der Waals surface area contributed by atoms with E-state index in [0.717, 1.165) is 23.9 Å². The minimum atomic E-state index is -2.69. The highest BCUT2D eigenvalue weighted by atomic mass is 19.3. The number of aliphatic carboxylic acids is 1. The number of hydrogen-bond acceptors (Lipinski definition) is 3. The first kappa shape index (κ1) is 19.9. The number of carboxylic acid groups (broad SMARTS) is 1. The van der Waals surface area contributed by atoms with Crippen molar-refractivity contribution in [2.45, 2.75) is 38.0 Å². The fourth-order valence-corrected chi connectivity index (χ4v) is 4.64. The van der Waals surface area contributed by atoms with Crippen LogP contribution in [0.25, 0.3) is 16.7 Å². The number of amides is 1. The molecule has 1 N–H and O–H groups in total. The van der Waals surface area contributed by atoms with E-state index in [9.17, 15) is 23.5 Å². The Labute approximate surface area is 177 Å². The summed E-state index contributed by atoms with van der Waals surface area (Å²) in [6.45, 7) is 0.0864. The maximum atomic E-state index is 13.4. The number of carbonyl (C=O) groups is 2. The zero-order valence-corrected chi connectivity index (χ0v) is 16.9. The molecule has 1 atom stereocenters. The molecule has 1 amide bonds. The number of fused-ring (bicyclic) bond motifs is 1. The molecule has 1 saturated heterocycles. The van der Waals surface area contributed by atoms with Crippen LogP contribution in [0.5, 0.6) is 0 Å². The SMILES string of the molecule is O=C(c1cnc2c(ccn2C2=CCC(C3(C(=O)O)CC3)C=C2)c1)N1CCC(F)(F)CC1. The Bertz CT molecular complexity index is 1120. The van der Waals surface area contributed by atoms with Gasteiger partial charge in [0, 0.05) is 49.4 Å². The Morgan fingerprint density at radius 1 is 1.16 bits per heavy atom. The van der Waals surface area contributed by atoms with Crippen molar-refractivity contribution in [1.29, 1.82) is 0 Å². The molecule has 1 unspecified atom stereocenters. The molecule has 2 aromatic heterocycles. The molecule has 0 radical (unpaired) electrons. The van der Waals surface area contributed by atoms with Crippen molar-refractivity contribution in [1.82, 2.24) is 14.5 Å². The fraction of sp³-hybridized carbons (Fsp3) is 0.435. The number of alkyl halides is 2. The monoisotopic (exact) mass is 427 g/mol. The van der Waals surface area contributed by atoms with E-state index in [1.165, 1.54) is 11.1 Å². The number of likely N-dealkylation sites (tertiary alicyclic amines) is 1. The van der Waals surface area contributed by atoms with E-state index in [4.69, 9.17) is 0 Å². The molecule has 8 heteroatoms. The van der Waals surface area contributed by atoms with Crippen LogP contribution >= 0.6 is 0 Å². The molecule has 2 aliphatic carbocycles. The quantitative estimate of drug-likeness (QED) is 0.794. The van der Waals surface area contributed by atoms with Gasteiger partial charge in [0.1, 0.15) is 5.65 Å². The minimum absolute atomic E-state index is 0.00433. The molecule has 6 nitrogen and oxygen atoms in total. The summed E-state index contributed by atoms with van der Waals surface area (Å²) >= 11 is 0. The van der Waals surface area contributed by atoms with Crippen molar-refractivity contribution in [3.8, 4) is 0 Å². The molecular formula is C23H23F2N3O3. The van der Waals surface area contributed by atoms with Gasteiger partial charge in [0.15, 0.2) is 0 Å². The Kier molecular flexibility index (Phi) is 4.50. The summed E-state index contributed by atoms with van der Waals surface area (Å²) in [5.41, 5.74) is 1.39. The van der Waals surface area contributed by atoms with Crippen molar-refractivity contribution < 1.29 is 23.5 Å². The molecule has 162 valence electrons. The summed E-state index contributed by atoms with van der Waals surface area (Å²) in [5, 5.41) is 10.3.